The highest BCUT2D eigenvalue weighted by molar-refractivity contribution is 6.36. The van der Waals surface area contributed by atoms with E-state index < -0.39 is 28.5 Å². The van der Waals surface area contributed by atoms with E-state index in [2.05, 4.69) is 20.5 Å². The number of alkyl halides is 3. The van der Waals surface area contributed by atoms with Crippen molar-refractivity contribution in [3.63, 3.8) is 0 Å². The van der Waals surface area contributed by atoms with E-state index >= 15 is 0 Å². The summed E-state index contributed by atoms with van der Waals surface area (Å²) in [6.07, 6.45) is -3.46. The van der Waals surface area contributed by atoms with Crippen molar-refractivity contribution in [3.8, 4) is 0 Å². The molecule has 0 aliphatic rings. The zero-order valence-electron chi connectivity index (χ0n) is 13.9. The first-order valence-electron chi connectivity index (χ1n) is 7.51. The molecule has 0 saturated heterocycles. The Morgan fingerprint density at radius 3 is 2.39 bits per heavy atom. The Bertz CT molecular complexity index is 1030. The lowest BCUT2D eigenvalue weighted by atomic mass is 10.2. The molecule has 1 N–H and O–H groups in total. The Hall–Kier alpha value is -2.30. The van der Waals surface area contributed by atoms with Crippen LogP contribution in [0.3, 0.4) is 0 Å². The Morgan fingerprint density at radius 2 is 1.82 bits per heavy atom. The fourth-order valence-electron chi connectivity index (χ4n) is 2.39. The molecular weight excluding hydrogens is 444 g/mol. The average molecular weight is 454 g/mol. The quantitative estimate of drug-likeness (QED) is 0.639. The van der Waals surface area contributed by atoms with Crippen LogP contribution in [0.4, 0.5) is 19.1 Å². The maximum atomic E-state index is 13.0. The second-order valence-electron chi connectivity index (χ2n) is 5.55. The number of carbonyl (C=O) groups is 1. The predicted octanol–water partition coefficient (Wildman–Crippen LogP) is 4.29. The van der Waals surface area contributed by atoms with Gasteiger partial charge in [0.2, 0.25) is 5.95 Å². The van der Waals surface area contributed by atoms with Crippen molar-refractivity contribution < 1.29 is 18.0 Å². The molecule has 0 radical (unpaired) electrons. The molecule has 13 heteroatoms. The molecule has 0 fully saturated rings. The number of aryl methyl sites for hydroxylation is 1. The zero-order chi connectivity index (χ0) is 20.6. The number of hydrogen-bond donors (Lipinski definition) is 1. The Balaban J connectivity index is 1.78. The molecule has 7 nitrogen and oxygen atoms in total. The second kappa shape index (κ2) is 7.61. The first kappa shape index (κ1) is 20.4. The van der Waals surface area contributed by atoms with Crippen molar-refractivity contribution in [2.45, 2.75) is 12.7 Å². The maximum absolute atomic E-state index is 13.0. The third kappa shape index (κ3) is 4.08. The Kier molecular flexibility index (Phi) is 5.55. The SMILES string of the molecule is Cn1nc(C(=O)Nc2ncn(Cc3c(Cl)cccc3Cl)n2)c(Cl)c1C(F)(F)F. The molecule has 2 aromatic heterocycles. The van der Waals surface area contributed by atoms with E-state index in [9.17, 15) is 18.0 Å². The third-order valence-electron chi connectivity index (χ3n) is 3.62. The highest BCUT2D eigenvalue weighted by atomic mass is 35.5. The number of hydrogen-bond acceptors (Lipinski definition) is 4. The Morgan fingerprint density at radius 1 is 1.18 bits per heavy atom. The smallest absolute Gasteiger partial charge is 0.288 e. The van der Waals surface area contributed by atoms with Crippen molar-refractivity contribution in [1.29, 1.82) is 0 Å². The van der Waals surface area contributed by atoms with E-state index in [-0.39, 0.29) is 12.5 Å². The molecule has 0 unspecified atom stereocenters. The van der Waals surface area contributed by atoms with Crippen LogP contribution in [0.15, 0.2) is 24.5 Å². The number of carbonyl (C=O) groups excluding carboxylic acids is 1. The summed E-state index contributed by atoms with van der Waals surface area (Å²) in [5, 5.41) is 9.83. The van der Waals surface area contributed by atoms with Crippen LogP contribution in [0.2, 0.25) is 15.1 Å². The number of amides is 1. The molecule has 2 heterocycles. The van der Waals surface area contributed by atoms with Crippen molar-refractivity contribution in [1.82, 2.24) is 24.5 Å². The number of anilines is 1. The van der Waals surface area contributed by atoms with E-state index in [1.165, 1.54) is 11.0 Å². The summed E-state index contributed by atoms with van der Waals surface area (Å²) >= 11 is 17.9. The van der Waals surface area contributed by atoms with Crippen LogP contribution in [-0.4, -0.2) is 30.5 Å². The number of rotatable bonds is 4. The van der Waals surface area contributed by atoms with Gasteiger partial charge in [0.05, 0.1) is 6.54 Å². The van der Waals surface area contributed by atoms with Crippen LogP contribution in [-0.2, 0) is 19.8 Å². The van der Waals surface area contributed by atoms with Gasteiger partial charge >= 0.3 is 6.18 Å². The van der Waals surface area contributed by atoms with Gasteiger partial charge in [-0.2, -0.15) is 18.3 Å². The van der Waals surface area contributed by atoms with Gasteiger partial charge in [0.15, 0.2) is 11.4 Å². The largest absolute Gasteiger partial charge is 0.434 e. The molecule has 0 atom stereocenters. The molecule has 0 aliphatic heterocycles. The van der Waals surface area contributed by atoms with Gasteiger partial charge in [0.1, 0.15) is 11.3 Å². The molecule has 0 spiro atoms. The summed E-state index contributed by atoms with van der Waals surface area (Å²) < 4.78 is 40.7. The number of aromatic nitrogens is 5. The zero-order valence-corrected chi connectivity index (χ0v) is 16.2. The second-order valence-corrected chi connectivity index (χ2v) is 6.75. The van der Waals surface area contributed by atoms with Gasteiger partial charge in [-0.15, -0.1) is 5.10 Å². The first-order valence-corrected chi connectivity index (χ1v) is 8.64. The van der Waals surface area contributed by atoms with Crippen LogP contribution in [0.25, 0.3) is 0 Å². The molecule has 3 aromatic rings. The molecule has 3 rings (SSSR count). The van der Waals surface area contributed by atoms with E-state index in [1.807, 2.05) is 0 Å². The fraction of sp³-hybridized carbons (Fsp3) is 0.200. The van der Waals surface area contributed by atoms with Gasteiger partial charge in [-0.3, -0.25) is 14.8 Å². The normalized spacial score (nSPS) is 11.7. The predicted molar refractivity (Wildman–Crippen MR) is 96.8 cm³/mol. The van der Waals surface area contributed by atoms with Crippen LogP contribution in [0.5, 0.6) is 0 Å². The van der Waals surface area contributed by atoms with E-state index in [4.69, 9.17) is 34.8 Å². The minimum atomic E-state index is -4.76. The highest BCUT2D eigenvalue weighted by Gasteiger charge is 2.40. The summed E-state index contributed by atoms with van der Waals surface area (Å²) in [6.45, 7) is 0.171. The molecular formula is C15H10Cl3F3N6O. The number of nitrogens with one attached hydrogen (secondary N) is 1. The van der Waals surface area contributed by atoms with Crippen molar-refractivity contribution in [3.05, 3.63) is 56.5 Å². The molecule has 28 heavy (non-hydrogen) atoms. The topological polar surface area (TPSA) is 77.6 Å². The lowest BCUT2D eigenvalue weighted by molar-refractivity contribution is -0.143. The monoisotopic (exact) mass is 452 g/mol. The molecule has 1 aromatic carbocycles. The number of nitrogens with zero attached hydrogens (tertiary/aromatic N) is 5. The molecule has 0 saturated carbocycles. The minimum Gasteiger partial charge on any atom is -0.288 e. The van der Waals surface area contributed by atoms with Crippen molar-refractivity contribution in [2.75, 3.05) is 5.32 Å². The minimum absolute atomic E-state index is 0.150. The van der Waals surface area contributed by atoms with Crippen molar-refractivity contribution in [2.24, 2.45) is 7.05 Å². The van der Waals surface area contributed by atoms with Gasteiger partial charge in [-0.1, -0.05) is 40.9 Å². The van der Waals surface area contributed by atoms with Crippen LogP contribution in [0.1, 0.15) is 21.7 Å². The summed E-state index contributed by atoms with van der Waals surface area (Å²) in [5.74, 6) is -1.13. The standard InChI is InChI=1S/C15H10Cl3F3N6O/c1-26-12(15(19,20)21)10(18)11(24-26)13(28)23-14-22-6-27(25-14)5-7-8(16)3-2-4-9(7)17/h2-4,6H,5H2,1H3,(H,23,25,28). The number of benzene rings is 1. The maximum Gasteiger partial charge on any atom is 0.434 e. The van der Waals surface area contributed by atoms with Crippen LogP contribution in [0, 0.1) is 0 Å². The van der Waals surface area contributed by atoms with Gasteiger partial charge < -0.3 is 0 Å². The lowest BCUT2D eigenvalue weighted by Gasteiger charge is -2.06. The van der Waals surface area contributed by atoms with Gasteiger partial charge in [0.25, 0.3) is 5.91 Å². The first-order chi connectivity index (χ1) is 13.1. The Labute approximate surface area is 171 Å². The van der Waals surface area contributed by atoms with Crippen LogP contribution >= 0.6 is 34.8 Å². The van der Waals surface area contributed by atoms with E-state index in [0.717, 1.165) is 7.05 Å². The van der Waals surface area contributed by atoms with Gasteiger partial charge in [-0.05, 0) is 12.1 Å². The van der Waals surface area contributed by atoms with Gasteiger partial charge in [0, 0.05) is 22.7 Å². The van der Waals surface area contributed by atoms with Crippen LogP contribution < -0.4 is 5.32 Å². The highest BCUT2D eigenvalue weighted by Crippen LogP contribution is 2.36. The summed E-state index contributed by atoms with van der Waals surface area (Å²) in [7, 11) is 1.03. The van der Waals surface area contributed by atoms with E-state index in [0.29, 0.717) is 20.3 Å². The molecule has 148 valence electrons. The molecule has 1 amide bonds. The average Bonchev–Trinajstić information content (AvgIpc) is 3.14. The molecule has 0 aliphatic carbocycles. The third-order valence-corrected chi connectivity index (χ3v) is 4.68. The number of halogens is 6. The summed E-state index contributed by atoms with van der Waals surface area (Å²) in [4.78, 5) is 16.1. The van der Waals surface area contributed by atoms with Crippen molar-refractivity contribution >= 4 is 46.7 Å². The fourth-order valence-corrected chi connectivity index (χ4v) is 3.26. The van der Waals surface area contributed by atoms with E-state index in [1.54, 1.807) is 18.2 Å². The lowest BCUT2D eigenvalue weighted by Crippen LogP contribution is -2.15. The summed E-state index contributed by atoms with van der Waals surface area (Å²) in [6, 6.07) is 5.00. The molecule has 0 bridgehead atoms. The van der Waals surface area contributed by atoms with Gasteiger partial charge in [-0.25, -0.2) is 9.67 Å². The summed E-state index contributed by atoms with van der Waals surface area (Å²) in [5.41, 5.74) is -1.23.